The molecular formula is C20H23N5O3S2. The fourth-order valence-electron chi connectivity index (χ4n) is 3.81. The van der Waals surface area contributed by atoms with E-state index in [0.717, 1.165) is 29.4 Å². The van der Waals surface area contributed by atoms with Gasteiger partial charge in [0.25, 0.3) is 5.91 Å². The lowest BCUT2D eigenvalue weighted by Gasteiger charge is -2.30. The van der Waals surface area contributed by atoms with Crippen molar-refractivity contribution >= 4 is 46.1 Å². The first-order chi connectivity index (χ1) is 14.6. The number of urea groups is 1. The van der Waals surface area contributed by atoms with Crippen molar-refractivity contribution < 1.29 is 14.4 Å². The molecule has 4 rings (SSSR count). The Bertz CT molecular complexity index is 928. The van der Waals surface area contributed by atoms with Gasteiger partial charge in [-0.05, 0) is 18.4 Å². The molecule has 0 unspecified atom stereocenters. The van der Waals surface area contributed by atoms with Crippen molar-refractivity contribution in [2.45, 2.75) is 54.2 Å². The zero-order chi connectivity index (χ0) is 21.0. The van der Waals surface area contributed by atoms with E-state index < -0.39 is 11.6 Å². The molecule has 10 heteroatoms. The molecule has 0 radical (unpaired) electrons. The van der Waals surface area contributed by atoms with Gasteiger partial charge in [0.1, 0.15) is 5.54 Å². The number of carbonyl (C=O) groups is 3. The van der Waals surface area contributed by atoms with Crippen molar-refractivity contribution in [1.29, 1.82) is 0 Å². The highest BCUT2D eigenvalue weighted by molar-refractivity contribution is 8.00. The number of amides is 4. The minimum atomic E-state index is -0.754. The second-order valence-corrected chi connectivity index (χ2v) is 9.68. The van der Waals surface area contributed by atoms with Crippen molar-refractivity contribution in [2.24, 2.45) is 0 Å². The van der Waals surface area contributed by atoms with Gasteiger partial charge in [0.2, 0.25) is 11.0 Å². The first-order valence-electron chi connectivity index (χ1n) is 10.00. The summed E-state index contributed by atoms with van der Waals surface area (Å²) in [5, 5.41) is 14.1. The van der Waals surface area contributed by atoms with E-state index >= 15 is 0 Å². The van der Waals surface area contributed by atoms with Crippen molar-refractivity contribution in [1.82, 2.24) is 20.4 Å². The fraction of sp³-hybridized carbons (Fsp3) is 0.450. The standard InChI is InChI=1S/C20H23N5O3S2/c26-15(9-12-25-16(27)20(22-18(25)28)10-5-2-6-11-20)21-17-23-24-19(30-17)29-13-14-7-3-1-4-8-14/h1,3-4,7-8H,2,5-6,9-13H2,(H,22,28)(H,21,23,26). The second-order valence-electron chi connectivity index (χ2n) is 7.48. The molecule has 30 heavy (non-hydrogen) atoms. The lowest BCUT2D eigenvalue weighted by molar-refractivity contribution is -0.132. The molecule has 1 spiro atoms. The van der Waals surface area contributed by atoms with Crippen LogP contribution in [-0.4, -0.2) is 45.0 Å². The molecule has 1 aromatic carbocycles. The minimum absolute atomic E-state index is 0.0291. The number of imide groups is 1. The highest BCUT2D eigenvalue weighted by atomic mass is 32.2. The largest absolute Gasteiger partial charge is 0.325 e. The van der Waals surface area contributed by atoms with Gasteiger partial charge in [-0.3, -0.25) is 14.5 Å². The van der Waals surface area contributed by atoms with Crippen LogP contribution in [0.5, 0.6) is 0 Å². The molecule has 0 atom stereocenters. The summed E-state index contributed by atoms with van der Waals surface area (Å²) in [6.45, 7) is 0.0622. The lowest BCUT2D eigenvalue weighted by Crippen LogP contribution is -2.48. The molecule has 0 bridgehead atoms. The normalized spacial score (nSPS) is 17.9. The Labute approximate surface area is 182 Å². The molecular weight excluding hydrogens is 422 g/mol. The highest BCUT2D eigenvalue weighted by Crippen LogP contribution is 2.33. The third-order valence-electron chi connectivity index (χ3n) is 5.37. The number of aromatic nitrogens is 2. The molecule has 2 fully saturated rings. The van der Waals surface area contributed by atoms with Gasteiger partial charge < -0.3 is 10.6 Å². The Morgan fingerprint density at radius 1 is 1.17 bits per heavy atom. The molecule has 1 saturated heterocycles. The number of anilines is 1. The van der Waals surface area contributed by atoms with Gasteiger partial charge in [-0.2, -0.15) is 0 Å². The van der Waals surface area contributed by atoms with Gasteiger partial charge in [0.15, 0.2) is 4.34 Å². The van der Waals surface area contributed by atoms with E-state index in [1.165, 1.54) is 21.8 Å². The van der Waals surface area contributed by atoms with Crippen molar-refractivity contribution in [3.05, 3.63) is 35.9 Å². The van der Waals surface area contributed by atoms with Crippen molar-refractivity contribution in [3.8, 4) is 0 Å². The molecule has 2 N–H and O–H groups in total. The minimum Gasteiger partial charge on any atom is -0.323 e. The van der Waals surface area contributed by atoms with Gasteiger partial charge in [-0.25, -0.2) is 4.79 Å². The van der Waals surface area contributed by atoms with E-state index in [0.29, 0.717) is 18.0 Å². The molecule has 4 amide bonds. The molecule has 1 saturated carbocycles. The van der Waals surface area contributed by atoms with E-state index in [1.54, 1.807) is 11.8 Å². The Balaban J connectivity index is 1.25. The van der Waals surface area contributed by atoms with Crippen molar-refractivity contribution in [3.63, 3.8) is 0 Å². The lowest BCUT2D eigenvalue weighted by atomic mass is 9.82. The number of hydrogen-bond acceptors (Lipinski definition) is 7. The predicted molar refractivity (Wildman–Crippen MR) is 115 cm³/mol. The second kappa shape index (κ2) is 9.13. The Hall–Kier alpha value is -2.46. The zero-order valence-corrected chi connectivity index (χ0v) is 18.1. The maximum absolute atomic E-state index is 12.7. The van der Waals surface area contributed by atoms with Gasteiger partial charge in [0, 0.05) is 18.7 Å². The number of hydrogen-bond donors (Lipinski definition) is 2. The highest BCUT2D eigenvalue weighted by Gasteiger charge is 2.51. The number of benzene rings is 1. The maximum Gasteiger partial charge on any atom is 0.325 e. The van der Waals surface area contributed by atoms with Crippen LogP contribution in [0.2, 0.25) is 0 Å². The summed E-state index contributed by atoms with van der Waals surface area (Å²) in [6, 6.07) is 9.64. The SMILES string of the molecule is O=C(CCN1C(=O)NC2(CCCCC2)C1=O)Nc1nnc(SCc2ccccc2)s1. The zero-order valence-electron chi connectivity index (χ0n) is 16.4. The van der Waals surface area contributed by atoms with Crippen LogP contribution in [-0.2, 0) is 15.3 Å². The van der Waals surface area contributed by atoms with Crippen LogP contribution in [0.1, 0.15) is 44.1 Å². The number of nitrogens with zero attached hydrogens (tertiary/aromatic N) is 3. The van der Waals surface area contributed by atoms with E-state index in [-0.39, 0.29) is 24.8 Å². The maximum atomic E-state index is 12.7. The van der Waals surface area contributed by atoms with E-state index in [2.05, 4.69) is 20.8 Å². The molecule has 2 heterocycles. The van der Waals surface area contributed by atoms with Gasteiger partial charge in [-0.15, -0.1) is 10.2 Å². The van der Waals surface area contributed by atoms with Crippen LogP contribution in [0.3, 0.4) is 0 Å². The third kappa shape index (κ3) is 4.65. The van der Waals surface area contributed by atoms with E-state index in [1.807, 2.05) is 30.3 Å². The monoisotopic (exact) mass is 445 g/mol. The number of rotatable bonds is 7. The van der Waals surface area contributed by atoms with Gasteiger partial charge in [0.05, 0.1) is 0 Å². The summed E-state index contributed by atoms with van der Waals surface area (Å²) >= 11 is 2.86. The van der Waals surface area contributed by atoms with Gasteiger partial charge >= 0.3 is 6.03 Å². The molecule has 1 aliphatic carbocycles. The summed E-state index contributed by atoms with van der Waals surface area (Å²) in [4.78, 5) is 38.5. The molecule has 1 aliphatic heterocycles. The Morgan fingerprint density at radius 3 is 2.70 bits per heavy atom. The van der Waals surface area contributed by atoms with Crippen molar-refractivity contribution in [2.75, 3.05) is 11.9 Å². The van der Waals surface area contributed by atoms with E-state index in [4.69, 9.17) is 0 Å². The van der Waals surface area contributed by atoms with Gasteiger partial charge in [-0.1, -0.05) is 72.7 Å². The number of carbonyl (C=O) groups excluding carboxylic acids is 3. The quantitative estimate of drug-likeness (QED) is 0.384. The van der Waals surface area contributed by atoms with Crippen LogP contribution in [0, 0.1) is 0 Å². The Morgan fingerprint density at radius 2 is 1.93 bits per heavy atom. The van der Waals surface area contributed by atoms with Crippen LogP contribution in [0.15, 0.2) is 34.7 Å². The predicted octanol–water partition coefficient (Wildman–Crippen LogP) is 3.41. The summed E-state index contributed by atoms with van der Waals surface area (Å²) in [5.41, 5.74) is 0.434. The molecule has 2 aromatic rings. The third-order valence-corrected chi connectivity index (χ3v) is 7.42. The first-order valence-corrected chi connectivity index (χ1v) is 11.8. The summed E-state index contributed by atoms with van der Waals surface area (Å²) < 4.78 is 0.766. The average molecular weight is 446 g/mol. The number of nitrogens with one attached hydrogen (secondary N) is 2. The first kappa shape index (κ1) is 20.8. The molecule has 1 aromatic heterocycles. The summed E-state index contributed by atoms with van der Waals surface area (Å²) in [6.07, 6.45) is 4.33. The fourth-order valence-corrected chi connectivity index (χ4v) is 5.53. The summed E-state index contributed by atoms with van der Waals surface area (Å²) in [7, 11) is 0. The number of thioether (sulfide) groups is 1. The topological polar surface area (TPSA) is 104 Å². The smallest absolute Gasteiger partial charge is 0.323 e. The van der Waals surface area contributed by atoms with Crippen LogP contribution < -0.4 is 10.6 Å². The van der Waals surface area contributed by atoms with Crippen LogP contribution in [0.25, 0.3) is 0 Å². The molecule has 2 aliphatic rings. The molecule has 158 valence electrons. The van der Waals surface area contributed by atoms with Crippen LogP contribution in [0.4, 0.5) is 9.93 Å². The van der Waals surface area contributed by atoms with Crippen LogP contribution >= 0.6 is 23.1 Å². The summed E-state index contributed by atoms with van der Waals surface area (Å²) in [5.74, 6) is 0.281. The average Bonchev–Trinajstić information content (AvgIpc) is 3.29. The molecule has 8 nitrogen and oxygen atoms in total. The van der Waals surface area contributed by atoms with E-state index in [9.17, 15) is 14.4 Å². The Kier molecular flexibility index (Phi) is 6.33.